The van der Waals surface area contributed by atoms with Crippen molar-refractivity contribution in [2.24, 2.45) is 0 Å². The van der Waals surface area contributed by atoms with Crippen LogP contribution < -0.4 is 0 Å². The molecule has 39 heavy (non-hydrogen) atoms. The summed E-state index contributed by atoms with van der Waals surface area (Å²) >= 11 is 0. The van der Waals surface area contributed by atoms with Gasteiger partial charge in [0.05, 0.1) is 11.0 Å². The molecule has 1 radical (unpaired) electrons. The third kappa shape index (κ3) is 5.96. The van der Waals surface area contributed by atoms with Crippen LogP contribution in [0.2, 0.25) is 0 Å². The molecule has 0 aliphatic heterocycles. The maximum Gasteiger partial charge on any atom is 0.0964 e. The second-order valence-electron chi connectivity index (χ2n) is 8.60. The number of aromatic nitrogens is 4. The van der Waals surface area contributed by atoms with Crippen LogP contribution >= 0.6 is 0 Å². The zero-order valence-electron chi connectivity index (χ0n) is 20.8. The van der Waals surface area contributed by atoms with Gasteiger partial charge in [0.1, 0.15) is 0 Å². The smallest absolute Gasteiger partial charge is 0.0964 e. The van der Waals surface area contributed by atoms with Crippen LogP contribution in [-0.2, 0) is 20.1 Å². The first-order chi connectivity index (χ1) is 18.8. The fraction of sp³-hybridized carbons (Fsp3) is 0. The molecule has 0 fully saturated rings. The summed E-state index contributed by atoms with van der Waals surface area (Å²) in [7, 11) is 0. The molecular weight excluding hydrogens is 657 g/mol. The average molecular weight is 679 g/mol. The van der Waals surface area contributed by atoms with Gasteiger partial charge >= 0.3 is 0 Å². The predicted molar refractivity (Wildman–Crippen MR) is 153 cm³/mol. The first-order valence-corrected chi connectivity index (χ1v) is 12.3. The molecule has 0 saturated heterocycles. The van der Waals surface area contributed by atoms with E-state index in [1.807, 2.05) is 84.9 Å². The summed E-state index contributed by atoms with van der Waals surface area (Å²) in [4.78, 5) is 17.5. The van der Waals surface area contributed by atoms with Crippen LogP contribution in [-0.4, -0.2) is 19.9 Å². The molecule has 0 N–H and O–H groups in total. The second-order valence-corrected chi connectivity index (χ2v) is 8.60. The predicted octanol–water partition coefficient (Wildman–Crippen LogP) is 7.86. The zero-order chi connectivity index (χ0) is 25.6. The third-order valence-electron chi connectivity index (χ3n) is 6.11. The minimum absolute atomic E-state index is 0. The normalized spacial score (nSPS) is 10.4. The molecule has 3 aromatic carbocycles. The Morgan fingerprint density at radius 1 is 0.359 bits per heavy atom. The number of nitrogens with zero attached hydrogens (tertiary/aromatic N) is 4. The molecular formula is C34H22IrN4-2. The van der Waals surface area contributed by atoms with Gasteiger partial charge in [-0.25, -0.2) is 0 Å². The van der Waals surface area contributed by atoms with Crippen molar-refractivity contribution in [2.45, 2.75) is 0 Å². The molecule has 0 unspecified atom stereocenters. The molecule has 4 heterocycles. The summed E-state index contributed by atoms with van der Waals surface area (Å²) in [5, 5.41) is 2.28. The summed E-state index contributed by atoms with van der Waals surface area (Å²) in [5.74, 6) is 0. The molecule has 4 aromatic heterocycles. The summed E-state index contributed by atoms with van der Waals surface area (Å²) in [5.41, 5.74) is 7.73. The number of benzene rings is 3. The first kappa shape index (κ1) is 26.1. The van der Waals surface area contributed by atoms with E-state index in [9.17, 15) is 0 Å². The van der Waals surface area contributed by atoms with Gasteiger partial charge in [0.15, 0.2) is 0 Å². The van der Waals surface area contributed by atoms with Crippen molar-refractivity contribution in [1.82, 2.24) is 19.9 Å². The summed E-state index contributed by atoms with van der Waals surface area (Å²) in [6, 6.07) is 43.0. The van der Waals surface area contributed by atoms with Crippen molar-refractivity contribution in [1.29, 1.82) is 0 Å². The molecule has 7 rings (SSSR count). The second kappa shape index (κ2) is 12.3. The van der Waals surface area contributed by atoms with Gasteiger partial charge in [-0.15, -0.1) is 35.4 Å². The Balaban J connectivity index is 0.000000175. The number of hydrogen-bond donors (Lipinski definition) is 0. The maximum absolute atomic E-state index is 4.40. The topological polar surface area (TPSA) is 51.6 Å². The molecule has 0 aliphatic carbocycles. The molecule has 5 heteroatoms. The van der Waals surface area contributed by atoms with Gasteiger partial charge in [0.25, 0.3) is 0 Å². The summed E-state index contributed by atoms with van der Waals surface area (Å²) in [6.45, 7) is 0. The Hall–Kier alpha value is -4.57. The molecule has 189 valence electrons. The monoisotopic (exact) mass is 679 g/mol. The first-order valence-electron chi connectivity index (χ1n) is 12.3. The van der Waals surface area contributed by atoms with E-state index in [-0.39, 0.29) is 20.1 Å². The van der Waals surface area contributed by atoms with E-state index < -0.39 is 0 Å². The number of rotatable bonds is 3. The standard InChI is InChI=1S/C22H14N2.C12H8N2.Ir/c1-3-13-23-21(11-1)19-9-5-7-17(15-19)18-8-6-10-20(16-18)22-12-2-4-14-24-22;1-3-9-5-6-10-4-2-8-14-12(10)11(9)13-7-1;/h1-14H;1-8H;/q-2;;. The van der Waals surface area contributed by atoms with Crippen LogP contribution in [0.25, 0.3) is 55.4 Å². The van der Waals surface area contributed by atoms with E-state index >= 15 is 0 Å². The zero-order valence-corrected chi connectivity index (χ0v) is 23.2. The average Bonchev–Trinajstić information content (AvgIpc) is 3.02. The van der Waals surface area contributed by atoms with Gasteiger partial charge in [-0.2, -0.15) is 35.4 Å². The molecule has 0 amide bonds. The minimum Gasteiger partial charge on any atom is -0.295 e. The van der Waals surface area contributed by atoms with Crippen LogP contribution in [0, 0.1) is 12.1 Å². The largest absolute Gasteiger partial charge is 0.295 e. The van der Waals surface area contributed by atoms with Gasteiger partial charge in [-0.1, -0.05) is 48.5 Å². The van der Waals surface area contributed by atoms with E-state index in [0.717, 1.165) is 55.4 Å². The Labute approximate surface area is 240 Å². The van der Waals surface area contributed by atoms with E-state index in [4.69, 9.17) is 0 Å². The van der Waals surface area contributed by atoms with E-state index in [1.165, 1.54) is 0 Å². The van der Waals surface area contributed by atoms with Crippen LogP contribution in [0.15, 0.2) is 134 Å². The van der Waals surface area contributed by atoms with E-state index in [0.29, 0.717) is 0 Å². The van der Waals surface area contributed by atoms with Crippen LogP contribution in [0.3, 0.4) is 0 Å². The Morgan fingerprint density at radius 2 is 0.795 bits per heavy atom. The molecule has 4 nitrogen and oxygen atoms in total. The molecule has 0 bridgehead atoms. The van der Waals surface area contributed by atoms with Gasteiger partial charge in [-0.05, 0) is 24.3 Å². The van der Waals surface area contributed by atoms with E-state index in [1.54, 1.807) is 24.8 Å². The fourth-order valence-electron chi connectivity index (χ4n) is 4.27. The van der Waals surface area contributed by atoms with Gasteiger partial charge in [-0.3, -0.25) is 19.9 Å². The molecule has 0 spiro atoms. The van der Waals surface area contributed by atoms with Crippen molar-refractivity contribution in [3.63, 3.8) is 0 Å². The number of fused-ring (bicyclic) bond motifs is 3. The number of hydrogen-bond acceptors (Lipinski definition) is 4. The van der Waals surface area contributed by atoms with Gasteiger partial charge in [0, 0.05) is 67.1 Å². The van der Waals surface area contributed by atoms with Crippen molar-refractivity contribution in [3.05, 3.63) is 146 Å². The maximum atomic E-state index is 4.40. The van der Waals surface area contributed by atoms with Crippen LogP contribution in [0.5, 0.6) is 0 Å². The number of pyridine rings is 4. The fourth-order valence-corrected chi connectivity index (χ4v) is 4.27. The molecule has 0 saturated carbocycles. The summed E-state index contributed by atoms with van der Waals surface area (Å²) in [6.07, 6.45) is 7.19. The van der Waals surface area contributed by atoms with Crippen molar-refractivity contribution >= 4 is 21.8 Å². The summed E-state index contributed by atoms with van der Waals surface area (Å²) < 4.78 is 0. The van der Waals surface area contributed by atoms with Crippen LogP contribution in [0.1, 0.15) is 0 Å². The van der Waals surface area contributed by atoms with Crippen molar-refractivity contribution in [3.8, 4) is 33.6 Å². The minimum atomic E-state index is 0. The van der Waals surface area contributed by atoms with Crippen LogP contribution in [0.4, 0.5) is 0 Å². The SMILES string of the molecule is [Ir].[c-]1c(-c2[c-]c(-c3ccccn3)ccc2)cccc1-c1ccccn1.c1cnc2c(c1)ccc1cccnc12. The Kier molecular flexibility index (Phi) is 8.23. The molecule has 0 atom stereocenters. The third-order valence-corrected chi connectivity index (χ3v) is 6.11. The van der Waals surface area contributed by atoms with Crippen molar-refractivity contribution < 1.29 is 20.1 Å². The molecule has 7 aromatic rings. The van der Waals surface area contributed by atoms with Crippen molar-refractivity contribution in [2.75, 3.05) is 0 Å². The molecule has 0 aliphatic rings. The van der Waals surface area contributed by atoms with Gasteiger partial charge in [0.2, 0.25) is 0 Å². The van der Waals surface area contributed by atoms with E-state index in [2.05, 4.69) is 56.3 Å². The Bertz CT molecular complexity index is 1690. The Morgan fingerprint density at radius 3 is 1.23 bits per heavy atom. The van der Waals surface area contributed by atoms with Gasteiger partial charge < -0.3 is 0 Å². The quantitative estimate of drug-likeness (QED) is 0.141.